The molecule has 2 heterocycles. The second-order valence-electron chi connectivity index (χ2n) is 7.46. The summed E-state index contributed by atoms with van der Waals surface area (Å²) in [7, 11) is 2.32. The molecule has 1 N–H and O–H groups in total. The van der Waals surface area contributed by atoms with Crippen LogP contribution in [0.3, 0.4) is 0 Å². The molecule has 4 rings (SSSR count). The first-order valence-electron chi connectivity index (χ1n) is 9.32. The molecule has 1 aliphatic carbocycles. The number of fused-ring (bicyclic) bond motifs is 1. The molecule has 10 heteroatoms. The van der Waals surface area contributed by atoms with Crippen LogP contribution in [0.5, 0.6) is 0 Å². The zero-order valence-corrected chi connectivity index (χ0v) is 16.2. The minimum absolute atomic E-state index is 0.0750. The van der Waals surface area contributed by atoms with E-state index in [9.17, 15) is 27.6 Å². The first-order chi connectivity index (χ1) is 14.2. The van der Waals surface area contributed by atoms with E-state index in [1.54, 1.807) is 12.1 Å². The average Bonchev–Trinajstić information content (AvgIpc) is 3.29. The number of methoxy groups -OCH3 is 2. The number of benzene rings is 1. The maximum Gasteiger partial charge on any atom is 0.471 e. The second kappa shape index (κ2) is 6.75. The molecule has 1 aromatic carbocycles. The monoisotopic (exact) mass is 424 g/mol. The Morgan fingerprint density at radius 3 is 2.50 bits per heavy atom. The van der Waals surface area contributed by atoms with Crippen molar-refractivity contribution in [1.82, 2.24) is 5.32 Å². The zero-order chi connectivity index (χ0) is 21.8. The molecule has 1 aromatic rings. The third kappa shape index (κ3) is 2.55. The number of carbonyl (C=O) groups is 3. The van der Waals surface area contributed by atoms with E-state index >= 15 is 0 Å². The number of rotatable bonds is 2. The van der Waals surface area contributed by atoms with Gasteiger partial charge in [-0.15, -0.1) is 0 Å². The highest BCUT2D eigenvalue weighted by molar-refractivity contribution is 6.03. The average molecular weight is 424 g/mol. The molecule has 0 saturated carbocycles. The number of alkyl halides is 3. The summed E-state index contributed by atoms with van der Waals surface area (Å²) in [5, 5.41) is 3.11. The van der Waals surface area contributed by atoms with E-state index in [-0.39, 0.29) is 17.7 Å². The van der Waals surface area contributed by atoms with Crippen molar-refractivity contribution in [1.29, 1.82) is 0 Å². The van der Waals surface area contributed by atoms with E-state index in [4.69, 9.17) is 9.47 Å². The van der Waals surface area contributed by atoms with Crippen molar-refractivity contribution < 1.29 is 37.0 Å². The number of ether oxygens (including phenoxy) is 2. The summed E-state index contributed by atoms with van der Waals surface area (Å²) in [6.07, 6.45) is -5.04. The third-order valence-electron chi connectivity index (χ3n) is 6.20. The van der Waals surface area contributed by atoms with Crippen LogP contribution < -0.4 is 10.2 Å². The number of hydrogen-bond acceptors (Lipinski definition) is 6. The molecule has 3 aliphatic rings. The summed E-state index contributed by atoms with van der Waals surface area (Å²) in [4.78, 5) is 38.4. The highest BCUT2D eigenvalue weighted by Crippen LogP contribution is 2.59. The summed E-state index contributed by atoms with van der Waals surface area (Å²) in [6, 6.07) is 5.06. The van der Waals surface area contributed by atoms with E-state index in [2.05, 4.69) is 5.32 Å². The van der Waals surface area contributed by atoms with Gasteiger partial charge in [0.25, 0.3) is 0 Å². The molecule has 0 unspecified atom stereocenters. The van der Waals surface area contributed by atoms with Gasteiger partial charge in [0.05, 0.1) is 37.2 Å². The van der Waals surface area contributed by atoms with Gasteiger partial charge in [-0.25, -0.2) is 4.79 Å². The Kier molecular flexibility index (Phi) is 4.55. The zero-order valence-electron chi connectivity index (χ0n) is 16.2. The molecule has 30 heavy (non-hydrogen) atoms. The number of carbonyl (C=O) groups excluding carboxylic acids is 3. The molecular weight excluding hydrogens is 405 g/mol. The third-order valence-corrected chi connectivity index (χ3v) is 6.20. The van der Waals surface area contributed by atoms with Crippen LogP contribution in [0, 0.1) is 5.92 Å². The van der Waals surface area contributed by atoms with Crippen LogP contribution in [0.15, 0.2) is 35.5 Å². The van der Waals surface area contributed by atoms with Crippen molar-refractivity contribution in [3.8, 4) is 0 Å². The van der Waals surface area contributed by atoms with E-state index in [0.29, 0.717) is 29.1 Å². The summed E-state index contributed by atoms with van der Waals surface area (Å²) in [5.41, 5.74) is -0.0474. The number of anilines is 1. The van der Waals surface area contributed by atoms with E-state index < -0.39 is 41.4 Å². The fourth-order valence-electron chi connectivity index (χ4n) is 5.20. The largest absolute Gasteiger partial charge is 0.471 e. The van der Waals surface area contributed by atoms with E-state index in [1.165, 1.54) is 19.2 Å². The Balaban J connectivity index is 2.03. The molecular formula is C20H19F3N2O5. The standard InChI is InChI=1S/C20H19F3N2O5/c1-29-16(26)10-9-11(17(27)30-2)15-19(7-8-24-14(10)19)12-5-3-4-6-13(12)25(15)18(28)20(21,22)23/h3-6,11,15,24H,7-9H2,1-2H3/t11-,15+,19-/m1/s1. The number of esters is 2. The van der Waals surface area contributed by atoms with Gasteiger partial charge in [0.15, 0.2) is 0 Å². The van der Waals surface area contributed by atoms with Gasteiger partial charge in [-0.2, -0.15) is 13.2 Å². The number of nitrogens with one attached hydrogen (secondary N) is 1. The first-order valence-corrected chi connectivity index (χ1v) is 9.32. The Morgan fingerprint density at radius 2 is 1.87 bits per heavy atom. The number of para-hydroxylation sites is 1. The summed E-state index contributed by atoms with van der Waals surface area (Å²) >= 11 is 0. The van der Waals surface area contributed by atoms with Crippen LogP contribution >= 0.6 is 0 Å². The molecule has 0 aromatic heterocycles. The lowest BCUT2D eigenvalue weighted by Crippen LogP contribution is -2.59. The minimum Gasteiger partial charge on any atom is -0.469 e. The quantitative estimate of drug-likeness (QED) is 0.730. The molecule has 1 spiro atoms. The van der Waals surface area contributed by atoms with Gasteiger partial charge < -0.3 is 14.8 Å². The fraction of sp³-hybridized carbons (Fsp3) is 0.450. The number of amides is 1. The molecule has 2 aliphatic heterocycles. The Labute approximate surface area is 169 Å². The lowest BCUT2D eigenvalue weighted by Gasteiger charge is -2.44. The van der Waals surface area contributed by atoms with Gasteiger partial charge in [-0.1, -0.05) is 18.2 Å². The van der Waals surface area contributed by atoms with Gasteiger partial charge >= 0.3 is 24.0 Å². The van der Waals surface area contributed by atoms with Crippen molar-refractivity contribution in [2.75, 3.05) is 25.7 Å². The van der Waals surface area contributed by atoms with E-state index in [1.807, 2.05) is 0 Å². The maximum atomic E-state index is 13.6. The van der Waals surface area contributed by atoms with Crippen LogP contribution in [0.2, 0.25) is 0 Å². The molecule has 1 fully saturated rings. The van der Waals surface area contributed by atoms with Crippen molar-refractivity contribution in [2.45, 2.75) is 30.5 Å². The number of hydrogen-bond donors (Lipinski definition) is 1. The highest BCUT2D eigenvalue weighted by atomic mass is 19.4. The highest BCUT2D eigenvalue weighted by Gasteiger charge is 2.66. The summed E-state index contributed by atoms with van der Waals surface area (Å²) in [6.45, 7) is 0.364. The predicted octanol–water partition coefficient (Wildman–Crippen LogP) is 1.82. The molecule has 1 saturated heterocycles. The topological polar surface area (TPSA) is 84.9 Å². The number of nitrogens with zero attached hydrogens (tertiary/aromatic N) is 1. The number of halogens is 3. The second-order valence-corrected chi connectivity index (χ2v) is 7.46. The van der Waals surface area contributed by atoms with Crippen LogP contribution in [0.4, 0.5) is 18.9 Å². The van der Waals surface area contributed by atoms with Gasteiger partial charge in [0.1, 0.15) is 0 Å². The van der Waals surface area contributed by atoms with Crippen molar-refractivity contribution in [3.05, 3.63) is 41.1 Å². The lowest BCUT2D eigenvalue weighted by atomic mass is 9.63. The van der Waals surface area contributed by atoms with Gasteiger partial charge in [0.2, 0.25) is 0 Å². The molecule has 160 valence electrons. The van der Waals surface area contributed by atoms with Crippen LogP contribution in [0.1, 0.15) is 18.4 Å². The minimum atomic E-state index is -5.14. The molecule has 3 atom stereocenters. The van der Waals surface area contributed by atoms with Crippen LogP contribution in [-0.2, 0) is 29.3 Å². The molecule has 0 radical (unpaired) electrons. The Bertz CT molecular complexity index is 973. The van der Waals surface area contributed by atoms with Gasteiger partial charge in [0, 0.05) is 17.9 Å². The maximum absolute atomic E-state index is 13.6. The predicted molar refractivity (Wildman–Crippen MR) is 97.2 cm³/mol. The summed E-state index contributed by atoms with van der Waals surface area (Å²) in [5.74, 6) is -4.70. The van der Waals surface area contributed by atoms with Crippen molar-refractivity contribution in [3.63, 3.8) is 0 Å². The normalized spacial score (nSPS) is 27.0. The van der Waals surface area contributed by atoms with Crippen LogP contribution in [-0.4, -0.2) is 50.8 Å². The lowest BCUT2D eigenvalue weighted by molar-refractivity contribution is -0.171. The molecule has 1 amide bonds. The molecule has 7 nitrogen and oxygen atoms in total. The Hall–Kier alpha value is -3.04. The molecule has 0 bridgehead atoms. The smallest absolute Gasteiger partial charge is 0.469 e. The van der Waals surface area contributed by atoms with Crippen LogP contribution in [0.25, 0.3) is 0 Å². The van der Waals surface area contributed by atoms with Gasteiger partial charge in [-0.3, -0.25) is 14.5 Å². The Morgan fingerprint density at radius 1 is 1.17 bits per heavy atom. The first kappa shape index (κ1) is 20.2. The van der Waals surface area contributed by atoms with Crippen molar-refractivity contribution in [2.24, 2.45) is 5.92 Å². The summed E-state index contributed by atoms with van der Waals surface area (Å²) < 4.78 is 50.4. The SMILES string of the molecule is COC(=O)C1=C2NCC[C@@]23c2ccccc2N(C(=O)C(F)(F)F)[C@H]3[C@H](C(=O)OC)C1. The van der Waals surface area contributed by atoms with Crippen molar-refractivity contribution >= 4 is 23.5 Å². The fourth-order valence-corrected chi connectivity index (χ4v) is 5.20. The van der Waals surface area contributed by atoms with E-state index in [0.717, 1.165) is 7.11 Å². The van der Waals surface area contributed by atoms with Gasteiger partial charge in [-0.05, 0) is 24.5 Å².